The van der Waals surface area contributed by atoms with Crippen LogP contribution in [0.3, 0.4) is 0 Å². The molecular weight excluding hydrogens is 319 g/mol. The SMILES string of the molecule is CC1CCN(C(=O)c2ccc(C(=O)Nc3ccccc3F)cc2)CC1. The topological polar surface area (TPSA) is 49.4 Å². The average Bonchev–Trinajstić information content (AvgIpc) is 2.64. The molecule has 0 bridgehead atoms. The first-order chi connectivity index (χ1) is 12.0. The Hall–Kier alpha value is -2.69. The molecule has 2 aromatic rings. The quantitative estimate of drug-likeness (QED) is 0.920. The smallest absolute Gasteiger partial charge is 0.255 e. The van der Waals surface area contributed by atoms with E-state index in [1.807, 2.05) is 4.90 Å². The van der Waals surface area contributed by atoms with Gasteiger partial charge in [-0.2, -0.15) is 0 Å². The molecule has 2 amide bonds. The predicted molar refractivity (Wildman–Crippen MR) is 95.1 cm³/mol. The van der Waals surface area contributed by atoms with Crippen molar-refractivity contribution in [3.8, 4) is 0 Å². The lowest BCUT2D eigenvalue weighted by atomic mass is 9.98. The number of benzene rings is 2. The Kier molecular flexibility index (Phi) is 5.12. The first-order valence-corrected chi connectivity index (χ1v) is 8.50. The van der Waals surface area contributed by atoms with E-state index < -0.39 is 11.7 Å². The van der Waals surface area contributed by atoms with Crippen molar-refractivity contribution in [1.82, 2.24) is 4.90 Å². The molecule has 0 radical (unpaired) electrons. The summed E-state index contributed by atoms with van der Waals surface area (Å²) in [6.45, 7) is 3.75. The van der Waals surface area contributed by atoms with Crippen molar-refractivity contribution in [3.05, 3.63) is 65.5 Å². The van der Waals surface area contributed by atoms with Crippen LogP contribution >= 0.6 is 0 Å². The van der Waals surface area contributed by atoms with Crippen LogP contribution in [0.1, 0.15) is 40.5 Å². The van der Waals surface area contributed by atoms with Gasteiger partial charge in [0.2, 0.25) is 0 Å². The Labute approximate surface area is 146 Å². The third-order valence-corrected chi connectivity index (χ3v) is 4.59. The van der Waals surface area contributed by atoms with Crippen molar-refractivity contribution in [3.63, 3.8) is 0 Å². The summed E-state index contributed by atoms with van der Waals surface area (Å²) >= 11 is 0. The highest BCUT2D eigenvalue weighted by Crippen LogP contribution is 2.19. The van der Waals surface area contributed by atoms with Crippen molar-refractivity contribution in [1.29, 1.82) is 0 Å². The Morgan fingerprint density at radius 2 is 1.60 bits per heavy atom. The second kappa shape index (κ2) is 7.47. The van der Waals surface area contributed by atoms with Crippen molar-refractivity contribution >= 4 is 17.5 Å². The number of piperidine rings is 1. The normalized spacial score (nSPS) is 15.0. The number of nitrogens with one attached hydrogen (secondary N) is 1. The maximum Gasteiger partial charge on any atom is 0.255 e. The number of hydrogen-bond acceptors (Lipinski definition) is 2. The molecule has 3 rings (SSSR count). The molecule has 1 saturated heterocycles. The molecule has 0 saturated carbocycles. The molecule has 1 fully saturated rings. The minimum Gasteiger partial charge on any atom is -0.339 e. The fraction of sp³-hybridized carbons (Fsp3) is 0.300. The van der Waals surface area contributed by atoms with E-state index >= 15 is 0 Å². The Bertz CT molecular complexity index is 766. The minimum absolute atomic E-state index is 0.00652. The van der Waals surface area contributed by atoms with Gasteiger partial charge >= 0.3 is 0 Å². The first kappa shape index (κ1) is 17.1. The molecule has 4 nitrogen and oxygen atoms in total. The molecule has 1 heterocycles. The number of hydrogen-bond donors (Lipinski definition) is 1. The van der Waals surface area contributed by atoms with Crippen molar-refractivity contribution in [2.75, 3.05) is 18.4 Å². The number of rotatable bonds is 3. The predicted octanol–water partition coefficient (Wildman–Crippen LogP) is 3.95. The van der Waals surface area contributed by atoms with E-state index in [2.05, 4.69) is 12.2 Å². The molecule has 5 heteroatoms. The van der Waals surface area contributed by atoms with Crippen LogP contribution < -0.4 is 5.32 Å². The molecule has 0 aliphatic carbocycles. The molecular formula is C20H21FN2O2. The zero-order chi connectivity index (χ0) is 17.8. The number of amides is 2. The summed E-state index contributed by atoms with van der Waals surface area (Å²) in [5.74, 6) is -0.237. The lowest BCUT2D eigenvalue weighted by Crippen LogP contribution is -2.37. The minimum atomic E-state index is -0.484. The second-order valence-corrected chi connectivity index (χ2v) is 6.49. The number of likely N-dealkylation sites (tertiary alicyclic amines) is 1. The van der Waals surface area contributed by atoms with E-state index in [1.54, 1.807) is 36.4 Å². The van der Waals surface area contributed by atoms with Crippen molar-refractivity contribution in [2.24, 2.45) is 5.92 Å². The number of anilines is 1. The van der Waals surface area contributed by atoms with Gasteiger partial charge in [-0.25, -0.2) is 4.39 Å². The van der Waals surface area contributed by atoms with E-state index in [0.717, 1.165) is 25.9 Å². The molecule has 25 heavy (non-hydrogen) atoms. The zero-order valence-electron chi connectivity index (χ0n) is 14.2. The fourth-order valence-electron chi connectivity index (χ4n) is 2.92. The molecule has 0 aromatic heterocycles. The highest BCUT2D eigenvalue weighted by Gasteiger charge is 2.21. The average molecular weight is 340 g/mol. The van der Waals surface area contributed by atoms with Crippen LogP contribution in [-0.4, -0.2) is 29.8 Å². The van der Waals surface area contributed by atoms with Gasteiger partial charge in [-0.15, -0.1) is 0 Å². The van der Waals surface area contributed by atoms with Gasteiger partial charge in [0, 0.05) is 24.2 Å². The number of carbonyl (C=O) groups is 2. The summed E-state index contributed by atoms with van der Waals surface area (Å²) in [4.78, 5) is 26.6. The van der Waals surface area contributed by atoms with E-state index in [-0.39, 0.29) is 11.6 Å². The monoisotopic (exact) mass is 340 g/mol. The third kappa shape index (κ3) is 4.05. The summed E-state index contributed by atoms with van der Waals surface area (Å²) < 4.78 is 13.6. The van der Waals surface area contributed by atoms with E-state index in [1.165, 1.54) is 12.1 Å². The maximum atomic E-state index is 13.6. The highest BCUT2D eigenvalue weighted by atomic mass is 19.1. The van der Waals surface area contributed by atoms with Crippen molar-refractivity contribution in [2.45, 2.75) is 19.8 Å². The van der Waals surface area contributed by atoms with E-state index in [4.69, 9.17) is 0 Å². The van der Waals surface area contributed by atoms with Gasteiger partial charge in [-0.1, -0.05) is 19.1 Å². The Morgan fingerprint density at radius 1 is 1.00 bits per heavy atom. The molecule has 0 atom stereocenters. The van der Waals surface area contributed by atoms with E-state index in [9.17, 15) is 14.0 Å². The number of para-hydroxylation sites is 1. The summed E-state index contributed by atoms with van der Waals surface area (Å²) in [6.07, 6.45) is 2.05. The lowest BCUT2D eigenvalue weighted by Gasteiger charge is -2.30. The van der Waals surface area contributed by atoms with Gasteiger partial charge in [0.05, 0.1) is 5.69 Å². The first-order valence-electron chi connectivity index (χ1n) is 8.50. The maximum absolute atomic E-state index is 13.6. The third-order valence-electron chi connectivity index (χ3n) is 4.59. The lowest BCUT2D eigenvalue weighted by molar-refractivity contribution is 0.0697. The molecule has 1 N–H and O–H groups in total. The second-order valence-electron chi connectivity index (χ2n) is 6.49. The summed E-state index contributed by atoms with van der Waals surface area (Å²) in [5, 5.41) is 2.53. The molecule has 2 aromatic carbocycles. The van der Waals surface area contributed by atoms with E-state index in [0.29, 0.717) is 17.0 Å². The van der Waals surface area contributed by atoms with Gasteiger partial charge in [0.25, 0.3) is 11.8 Å². The molecule has 0 spiro atoms. The van der Waals surface area contributed by atoms with Crippen LogP contribution in [0.5, 0.6) is 0 Å². The molecule has 1 aliphatic rings. The van der Waals surface area contributed by atoms with Crippen LogP contribution in [-0.2, 0) is 0 Å². The van der Waals surface area contributed by atoms with Crippen LogP contribution in [0.15, 0.2) is 48.5 Å². The molecule has 1 aliphatic heterocycles. The van der Waals surface area contributed by atoms with Gasteiger partial charge in [-0.3, -0.25) is 9.59 Å². The number of halogens is 1. The largest absolute Gasteiger partial charge is 0.339 e. The van der Waals surface area contributed by atoms with Crippen molar-refractivity contribution < 1.29 is 14.0 Å². The molecule has 0 unspecified atom stereocenters. The van der Waals surface area contributed by atoms with Gasteiger partial charge < -0.3 is 10.2 Å². The fourth-order valence-corrected chi connectivity index (χ4v) is 2.92. The van der Waals surface area contributed by atoms with Crippen LogP contribution in [0, 0.1) is 11.7 Å². The number of nitrogens with zero attached hydrogens (tertiary/aromatic N) is 1. The van der Waals surface area contributed by atoms with Crippen LogP contribution in [0.25, 0.3) is 0 Å². The Balaban J connectivity index is 1.66. The van der Waals surface area contributed by atoms with Crippen LogP contribution in [0.2, 0.25) is 0 Å². The highest BCUT2D eigenvalue weighted by molar-refractivity contribution is 6.05. The Morgan fingerprint density at radius 3 is 2.24 bits per heavy atom. The van der Waals surface area contributed by atoms with Gasteiger partial charge in [-0.05, 0) is 55.2 Å². The van der Waals surface area contributed by atoms with Gasteiger partial charge in [0.15, 0.2) is 0 Å². The summed E-state index contributed by atoms with van der Waals surface area (Å²) in [7, 11) is 0. The zero-order valence-corrected chi connectivity index (χ0v) is 14.2. The molecule has 130 valence electrons. The van der Waals surface area contributed by atoms with Gasteiger partial charge in [0.1, 0.15) is 5.82 Å². The standard InChI is InChI=1S/C20H21FN2O2/c1-14-10-12-23(13-11-14)20(25)16-8-6-15(7-9-16)19(24)22-18-5-3-2-4-17(18)21/h2-9,14H,10-13H2,1H3,(H,22,24). The summed E-state index contributed by atoms with van der Waals surface area (Å²) in [6, 6.07) is 12.5. The number of carbonyl (C=O) groups excluding carboxylic acids is 2. The van der Waals surface area contributed by atoms with Crippen LogP contribution in [0.4, 0.5) is 10.1 Å². The summed E-state index contributed by atoms with van der Waals surface area (Å²) in [5.41, 5.74) is 1.08.